The van der Waals surface area contributed by atoms with Gasteiger partial charge in [0.1, 0.15) is 6.04 Å². The molecule has 0 saturated carbocycles. The molecule has 2 amide bonds. The second kappa shape index (κ2) is 8.67. The molecule has 0 N–H and O–H groups in total. The first-order chi connectivity index (χ1) is 11.1. The third kappa shape index (κ3) is 4.79. The predicted molar refractivity (Wildman–Crippen MR) is 89.0 cm³/mol. The first-order valence-electron chi connectivity index (χ1n) is 8.24. The van der Waals surface area contributed by atoms with Crippen molar-refractivity contribution in [3.63, 3.8) is 0 Å². The summed E-state index contributed by atoms with van der Waals surface area (Å²) in [5, 5.41) is 0. The zero-order valence-corrected chi connectivity index (χ0v) is 14.0. The molecule has 1 heterocycles. The lowest BCUT2D eigenvalue weighted by Crippen LogP contribution is -2.59. The Hall–Kier alpha value is -1.88. The lowest BCUT2D eigenvalue weighted by molar-refractivity contribution is -0.155. The second-order valence-corrected chi connectivity index (χ2v) is 5.96. The van der Waals surface area contributed by atoms with Gasteiger partial charge < -0.3 is 14.5 Å². The van der Waals surface area contributed by atoms with Gasteiger partial charge in [-0.1, -0.05) is 30.3 Å². The highest BCUT2D eigenvalue weighted by atomic mass is 16.5. The number of ether oxygens (including phenoxy) is 1. The largest absolute Gasteiger partial charge is 0.385 e. The number of rotatable bonds is 8. The number of amides is 2. The van der Waals surface area contributed by atoms with Gasteiger partial charge >= 0.3 is 0 Å². The van der Waals surface area contributed by atoms with Gasteiger partial charge in [0.05, 0.1) is 6.54 Å². The number of benzene rings is 1. The average Bonchev–Trinajstić information content (AvgIpc) is 2.57. The maximum absolute atomic E-state index is 12.5. The van der Waals surface area contributed by atoms with E-state index in [1.54, 1.807) is 16.9 Å². The number of hydrogen-bond acceptors (Lipinski definition) is 3. The summed E-state index contributed by atoms with van der Waals surface area (Å²) in [6.07, 6.45) is 2.54. The molecule has 2 rings (SSSR count). The van der Waals surface area contributed by atoms with Crippen LogP contribution >= 0.6 is 0 Å². The molecule has 23 heavy (non-hydrogen) atoms. The predicted octanol–water partition coefficient (Wildman–Crippen LogP) is 1.71. The van der Waals surface area contributed by atoms with E-state index in [2.05, 4.69) is 0 Å². The van der Waals surface area contributed by atoms with E-state index in [0.717, 1.165) is 19.3 Å². The lowest BCUT2D eigenvalue weighted by Gasteiger charge is -2.38. The highest BCUT2D eigenvalue weighted by Crippen LogP contribution is 2.14. The van der Waals surface area contributed by atoms with Crippen LogP contribution in [0.3, 0.4) is 0 Å². The highest BCUT2D eigenvalue weighted by molar-refractivity contribution is 5.94. The first kappa shape index (κ1) is 17.5. The second-order valence-electron chi connectivity index (χ2n) is 5.96. The summed E-state index contributed by atoms with van der Waals surface area (Å²) in [4.78, 5) is 28.2. The van der Waals surface area contributed by atoms with E-state index in [1.165, 1.54) is 5.56 Å². The van der Waals surface area contributed by atoms with Crippen LogP contribution in [0, 0.1) is 0 Å². The number of piperazine rings is 1. The minimum atomic E-state index is -0.366. The maximum Gasteiger partial charge on any atom is 0.245 e. The summed E-state index contributed by atoms with van der Waals surface area (Å²) < 4.78 is 5.02. The van der Waals surface area contributed by atoms with Crippen LogP contribution in [0.5, 0.6) is 0 Å². The molecule has 126 valence electrons. The van der Waals surface area contributed by atoms with Crippen molar-refractivity contribution in [2.45, 2.75) is 32.2 Å². The smallest absolute Gasteiger partial charge is 0.245 e. The Morgan fingerprint density at radius 1 is 1.13 bits per heavy atom. The standard InChI is InChI=1S/C18H26N2O3/c1-15-18(22)19(12-10-16-8-4-3-5-9-16)14-17(21)20(15)11-6-7-13-23-2/h3-5,8-9,15H,6-7,10-14H2,1-2H3/t15-/m0/s1. The highest BCUT2D eigenvalue weighted by Gasteiger charge is 2.35. The van der Waals surface area contributed by atoms with E-state index in [0.29, 0.717) is 19.7 Å². The van der Waals surface area contributed by atoms with Crippen LogP contribution in [0.25, 0.3) is 0 Å². The minimum Gasteiger partial charge on any atom is -0.385 e. The van der Waals surface area contributed by atoms with Gasteiger partial charge in [0.2, 0.25) is 11.8 Å². The van der Waals surface area contributed by atoms with E-state index in [1.807, 2.05) is 37.3 Å². The zero-order valence-electron chi connectivity index (χ0n) is 14.0. The van der Waals surface area contributed by atoms with E-state index in [4.69, 9.17) is 4.74 Å². The topological polar surface area (TPSA) is 49.9 Å². The molecule has 1 aromatic carbocycles. The van der Waals surface area contributed by atoms with Crippen molar-refractivity contribution in [3.05, 3.63) is 35.9 Å². The minimum absolute atomic E-state index is 0.0441. The van der Waals surface area contributed by atoms with Crippen LogP contribution in [0.4, 0.5) is 0 Å². The molecule has 0 aromatic heterocycles. The molecule has 1 aromatic rings. The molecule has 1 atom stereocenters. The third-order valence-corrected chi connectivity index (χ3v) is 4.29. The average molecular weight is 318 g/mol. The lowest BCUT2D eigenvalue weighted by atomic mass is 10.1. The number of methoxy groups -OCH3 is 1. The molecule has 0 radical (unpaired) electrons. The molecule has 1 aliphatic heterocycles. The molecular formula is C18H26N2O3. The van der Waals surface area contributed by atoms with Gasteiger partial charge in [-0.2, -0.15) is 0 Å². The van der Waals surface area contributed by atoms with Crippen LogP contribution in [-0.4, -0.2) is 61.0 Å². The molecule has 5 heteroatoms. The fourth-order valence-electron chi connectivity index (χ4n) is 2.89. The van der Waals surface area contributed by atoms with Crippen molar-refractivity contribution in [1.82, 2.24) is 9.80 Å². The van der Waals surface area contributed by atoms with Gasteiger partial charge in [-0.05, 0) is 31.7 Å². The summed E-state index contributed by atoms with van der Waals surface area (Å²) in [6.45, 7) is 3.93. The van der Waals surface area contributed by atoms with Gasteiger partial charge in [-0.3, -0.25) is 9.59 Å². The van der Waals surface area contributed by atoms with Crippen molar-refractivity contribution < 1.29 is 14.3 Å². The summed E-state index contributed by atoms with van der Waals surface area (Å²) in [7, 11) is 1.67. The SMILES string of the molecule is COCCCCN1C(=O)CN(CCc2ccccc2)C(=O)[C@@H]1C. The van der Waals surface area contributed by atoms with Crippen LogP contribution in [0.15, 0.2) is 30.3 Å². The van der Waals surface area contributed by atoms with E-state index < -0.39 is 0 Å². The van der Waals surface area contributed by atoms with Crippen LogP contribution < -0.4 is 0 Å². The molecule has 0 unspecified atom stereocenters. The van der Waals surface area contributed by atoms with Gasteiger partial charge in [0.15, 0.2) is 0 Å². The fraction of sp³-hybridized carbons (Fsp3) is 0.556. The summed E-state index contributed by atoms with van der Waals surface area (Å²) in [5.41, 5.74) is 1.18. The monoisotopic (exact) mass is 318 g/mol. The van der Waals surface area contributed by atoms with Crippen molar-refractivity contribution in [3.8, 4) is 0 Å². The molecule has 0 bridgehead atoms. The Balaban J connectivity index is 1.86. The molecule has 5 nitrogen and oxygen atoms in total. The molecule has 1 aliphatic rings. The summed E-state index contributed by atoms with van der Waals surface area (Å²) in [6, 6.07) is 9.67. The Morgan fingerprint density at radius 2 is 1.87 bits per heavy atom. The normalized spacial score (nSPS) is 18.6. The first-order valence-corrected chi connectivity index (χ1v) is 8.24. The Bertz CT molecular complexity index is 518. The van der Waals surface area contributed by atoms with E-state index in [9.17, 15) is 9.59 Å². The molecule has 0 spiro atoms. The van der Waals surface area contributed by atoms with Gasteiger partial charge in [-0.15, -0.1) is 0 Å². The zero-order chi connectivity index (χ0) is 16.7. The number of carbonyl (C=O) groups excluding carboxylic acids is 2. The summed E-state index contributed by atoms with van der Waals surface area (Å²) in [5.74, 6) is 0.0925. The number of nitrogens with zero attached hydrogens (tertiary/aromatic N) is 2. The Labute approximate surface area is 138 Å². The van der Waals surface area contributed by atoms with Crippen LogP contribution in [0.1, 0.15) is 25.3 Å². The number of hydrogen-bond donors (Lipinski definition) is 0. The van der Waals surface area contributed by atoms with Crippen molar-refractivity contribution in [2.75, 3.05) is 33.4 Å². The molecular weight excluding hydrogens is 292 g/mol. The number of unbranched alkanes of at least 4 members (excludes halogenated alkanes) is 1. The van der Waals surface area contributed by atoms with Crippen molar-refractivity contribution in [2.24, 2.45) is 0 Å². The van der Waals surface area contributed by atoms with Crippen LogP contribution in [0.2, 0.25) is 0 Å². The van der Waals surface area contributed by atoms with Gasteiger partial charge in [0, 0.05) is 26.8 Å². The van der Waals surface area contributed by atoms with Crippen molar-refractivity contribution >= 4 is 11.8 Å². The Morgan fingerprint density at radius 3 is 2.57 bits per heavy atom. The van der Waals surface area contributed by atoms with E-state index >= 15 is 0 Å². The van der Waals surface area contributed by atoms with Gasteiger partial charge in [-0.25, -0.2) is 0 Å². The quantitative estimate of drug-likeness (QED) is 0.686. The molecule has 0 aliphatic carbocycles. The Kier molecular flexibility index (Phi) is 6.59. The van der Waals surface area contributed by atoms with Crippen LogP contribution in [-0.2, 0) is 20.7 Å². The molecule has 1 fully saturated rings. The summed E-state index contributed by atoms with van der Waals surface area (Å²) >= 11 is 0. The van der Waals surface area contributed by atoms with E-state index in [-0.39, 0.29) is 24.4 Å². The molecule has 1 saturated heterocycles. The fourth-order valence-corrected chi connectivity index (χ4v) is 2.89. The maximum atomic E-state index is 12.5. The van der Waals surface area contributed by atoms with Gasteiger partial charge in [0.25, 0.3) is 0 Å². The number of carbonyl (C=O) groups is 2. The van der Waals surface area contributed by atoms with Crippen molar-refractivity contribution in [1.29, 1.82) is 0 Å². The third-order valence-electron chi connectivity index (χ3n) is 4.29.